The van der Waals surface area contributed by atoms with Gasteiger partial charge in [-0.05, 0) is 164 Å². The molecule has 0 radical (unpaired) electrons. The molecule has 0 atom stereocenters. The number of halogens is 2. The predicted octanol–water partition coefficient (Wildman–Crippen LogP) is 11.6. The van der Waals surface area contributed by atoms with Crippen LogP contribution in [-0.4, -0.2) is 18.9 Å². The number of benzene rings is 2. The lowest BCUT2D eigenvalue weighted by Crippen LogP contribution is -2.34. The summed E-state index contributed by atoms with van der Waals surface area (Å²) in [6.45, 7) is 28.4. The average molecular weight is 642 g/mol. The number of anilines is 1. The molecule has 5 heteroatoms. The highest BCUT2D eigenvalue weighted by Gasteiger charge is 2.41. The maximum absolute atomic E-state index is 15.2. The highest BCUT2D eigenvalue weighted by Crippen LogP contribution is 2.52. The van der Waals surface area contributed by atoms with Gasteiger partial charge in [0.2, 0.25) is 0 Å². The molecule has 1 aliphatic rings. The van der Waals surface area contributed by atoms with Crippen LogP contribution < -0.4 is 10.6 Å². The molecule has 1 fully saturated rings. The van der Waals surface area contributed by atoms with Crippen molar-refractivity contribution < 1.29 is 8.78 Å². The summed E-state index contributed by atoms with van der Waals surface area (Å²) in [4.78, 5) is 4.28. The summed E-state index contributed by atoms with van der Waals surface area (Å²) in [7, 11) is 1.99. The minimum absolute atomic E-state index is 0.0307. The largest absolute Gasteiger partial charge is 0.355 e. The van der Waals surface area contributed by atoms with Crippen LogP contribution in [0.1, 0.15) is 108 Å². The zero-order chi connectivity index (χ0) is 35.3. The van der Waals surface area contributed by atoms with Gasteiger partial charge >= 0.3 is 0 Å². The standard InChI is InChI=1S/C42H57F2N3/c1-14-27(3)39(31(7)42(21-16-22-42)25-33-17-18-34(26-45-13)30(6)29(33)5)32(8)47-37-20-19-35(40(9,10)43)24-36(37)28(4)23-38(46-15-2)41(11,12)44/h14-15,17-20,23-24,45,47H,4,8,16,21-22,25-26H2,1-3,5-7,9-13H3/b27-14+,38-23-,39-31+,46-15-. The third kappa shape index (κ3) is 8.67. The van der Waals surface area contributed by atoms with Crippen LogP contribution >= 0.6 is 0 Å². The second kappa shape index (κ2) is 15.1. The van der Waals surface area contributed by atoms with Crippen molar-refractivity contribution in [2.45, 2.75) is 113 Å². The summed E-state index contributed by atoms with van der Waals surface area (Å²) in [6, 6.07) is 10.0. The fourth-order valence-corrected chi connectivity index (χ4v) is 6.59. The predicted molar refractivity (Wildman–Crippen MR) is 201 cm³/mol. The molecule has 2 aromatic rings. The first-order chi connectivity index (χ1) is 21.9. The summed E-state index contributed by atoms with van der Waals surface area (Å²) < 4.78 is 30.3. The van der Waals surface area contributed by atoms with E-state index < -0.39 is 11.3 Å². The Hall–Kier alpha value is -3.57. The molecule has 1 saturated carbocycles. The van der Waals surface area contributed by atoms with Crippen molar-refractivity contribution in [1.82, 2.24) is 5.32 Å². The molecule has 0 aromatic heterocycles. The van der Waals surface area contributed by atoms with Crippen molar-refractivity contribution in [2.24, 2.45) is 10.4 Å². The highest BCUT2D eigenvalue weighted by molar-refractivity contribution is 5.83. The van der Waals surface area contributed by atoms with E-state index in [9.17, 15) is 0 Å². The lowest BCUT2D eigenvalue weighted by Gasteiger charge is -2.45. The van der Waals surface area contributed by atoms with Crippen LogP contribution in [-0.2, 0) is 18.6 Å². The first-order valence-corrected chi connectivity index (χ1v) is 16.9. The highest BCUT2D eigenvalue weighted by atomic mass is 19.1. The van der Waals surface area contributed by atoms with E-state index in [2.05, 4.69) is 81.6 Å². The maximum atomic E-state index is 15.2. The van der Waals surface area contributed by atoms with Crippen molar-refractivity contribution in [2.75, 3.05) is 12.4 Å². The topological polar surface area (TPSA) is 36.4 Å². The van der Waals surface area contributed by atoms with E-state index in [-0.39, 0.29) is 11.1 Å². The fourth-order valence-electron chi connectivity index (χ4n) is 6.59. The minimum Gasteiger partial charge on any atom is -0.355 e. The van der Waals surface area contributed by atoms with Crippen LogP contribution in [0.5, 0.6) is 0 Å². The summed E-state index contributed by atoms with van der Waals surface area (Å²) in [6.07, 6.45) is 9.76. The Balaban J connectivity index is 2.12. The number of allylic oxidation sites excluding steroid dienone is 6. The van der Waals surface area contributed by atoms with Gasteiger partial charge in [0, 0.05) is 29.7 Å². The molecule has 254 valence electrons. The van der Waals surface area contributed by atoms with E-state index >= 15 is 8.78 Å². The summed E-state index contributed by atoms with van der Waals surface area (Å²) >= 11 is 0. The van der Waals surface area contributed by atoms with Crippen molar-refractivity contribution in [3.63, 3.8) is 0 Å². The lowest BCUT2D eigenvalue weighted by atomic mass is 9.59. The second-order valence-corrected chi connectivity index (χ2v) is 14.2. The van der Waals surface area contributed by atoms with Gasteiger partial charge in [-0.3, -0.25) is 4.99 Å². The Labute approximate surface area is 283 Å². The molecule has 0 bridgehead atoms. The Morgan fingerprint density at radius 2 is 1.60 bits per heavy atom. The van der Waals surface area contributed by atoms with Gasteiger partial charge < -0.3 is 10.6 Å². The van der Waals surface area contributed by atoms with Crippen LogP contribution in [0.2, 0.25) is 0 Å². The molecule has 47 heavy (non-hydrogen) atoms. The van der Waals surface area contributed by atoms with Crippen molar-refractivity contribution in [3.05, 3.63) is 117 Å². The molecule has 0 unspecified atom stereocenters. The number of rotatable bonds is 14. The van der Waals surface area contributed by atoms with Crippen LogP contribution in [0.3, 0.4) is 0 Å². The van der Waals surface area contributed by atoms with Gasteiger partial charge in [-0.2, -0.15) is 0 Å². The molecular formula is C42H57F2N3. The third-order valence-corrected chi connectivity index (χ3v) is 10.0. The first kappa shape index (κ1) is 37.9. The Kier molecular flexibility index (Phi) is 12.2. The molecule has 0 saturated heterocycles. The lowest BCUT2D eigenvalue weighted by molar-refractivity contribution is 0.183. The molecular weight excluding hydrogens is 584 g/mol. The summed E-state index contributed by atoms with van der Waals surface area (Å²) in [5.74, 6) is 0. The van der Waals surface area contributed by atoms with E-state index in [4.69, 9.17) is 0 Å². The van der Waals surface area contributed by atoms with E-state index in [0.29, 0.717) is 16.7 Å². The van der Waals surface area contributed by atoms with Gasteiger partial charge in [-0.25, -0.2) is 8.78 Å². The normalized spacial score (nSPS) is 16.2. The smallest absolute Gasteiger partial charge is 0.147 e. The Morgan fingerprint density at radius 3 is 2.11 bits per heavy atom. The van der Waals surface area contributed by atoms with E-state index in [1.807, 2.05) is 13.1 Å². The first-order valence-electron chi connectivity index (χ1n) is 16.9. The number of alkyl halides is 2. The third-order valence-electron chi connectivity index (χ3n) is 10.0. The molecule has 0 aliphatic heterocycles. The SMILES string of the molecule is C=C(Nc1ccc(C(C)(C)F)cc1C(=C)/C=C(\N=C/C)C(C)(C)F)C(/C(C)=C/C)=C(\C)C1(Cc2ccc(CNC)c(C)c2C)CCC1. The van der Waals surface area contributed by atoms with Gasteiger partial charge in [0.15, 0.2) is 0 Å². The number of aliphatic imine (C=N–C) groups is 1. The Bertz CT molecular complexity index is 1620. The summed E-state index contributed by atoms with van der Waals surface area (Å²) in [5, 5.41) is 6.88. The van der Waals surface area contributed by atoms with Gasteiger partial charge in [-0.1, -0.05) is 49.4 Å². The molecule has 0 heterocycles. The molecule has 1 aliphatic carbocycles. The average Bonchev–Trinajstić information content (AvgIpc) is 2.97. The van der Waals surface area contributed by atoms with Crippen molar-refractivity contribution in [3.8, 4) is 0 Å². The van der Waals surface area contributed by atoms with Gasteiger partial charge in [-0.15, -0.1) is 0 Å². The molecule has 2 N–H and O–H groups in total. The minimum atomic E-state index is -1.68. The zero-order valence-corrected chi connectivity index (χ0v) is 30.8. The number of hydrogen-bond donors (Lipinski definition) is 2. The number of nitrogens with zero attached hydrogens (tertiary/aromatic N) is 1. The molecule has 2 aromatic carbocycles. The van der Waals surface area contributed by atoms with Crippen LogP contribution in [0.15, 0.2) is 88.7 Å². The molecule has 3 nitrogen and oxygen atoms in total. The number of hydrogen-bond acceptors (Lipinski definition) is 3. The van der Waals surface area contributed by atoms with Crippen molar-refractivity contribution >= 4 is 17.5 Å². The van der Waals surface area contributed by atoms with Gasteiger partial charge in [0.1, 0.15) is 11.3 Å². The number of nitrogens with one attached hydrogen (secondary N) is 2. The monoisotopic (exact) mass is 641 g/mol. The van der Waals surface area contributed by atoms with Gasteiger partial charge in [0.25, 0.3) is 0 Å². The maximum Gasteiger partial charge on any atom is 0.147 e. The van der Waals surface area contributed by atoms with Crippen LogP contribution in [0.4, 0.5) is 14.5 Å². The second-order valence-electron chi connectivity index (χ2n) is 14.2. The van der Waals surface area contributed by atoms with Crippen molar-refractivity contribution in [1.29, 1.82) is 0 Å². The fraction of sp³-hybridized carbons (Fsp3) is 0.452. The van der Waals surface area contributed by atoms with Crippen LogP contribution in [0.25, 0.3) is 5.57 Å². The van der Waals surface area contributed by atoms with E-state index in [1.54, 1.807) is 31.3 Å². The van der Waals surface area contributed by atoms with Crippen LogP contribution in [0, 0.1) is 19.3 Å². The molecule has 3 rings (SSSR count). The van der Waals surface area contributed by atoms with E-state index in [1.165, 1.54) is 61.9 Å². The van der Waals surface area contributed by atoms with Gasteiger partial charge in [0.05, 0.1) is 5.70 Å². The Morgan fingerprint density at radius 1 is 0.979 bits per heavy atom. The summed E-state index contributed by atoms with van der Waals surface area (Å²) in [5.41, 5.74) is 9.27. The zero-order valence-electron chi connectivity index (χ0n) is 30.8. The molecule has 0 amide bonds. The van der Waals surface area contributed by atoms with E-state index in [0.717, 1.165) is 48.3 Å². The molecule has 0 spiro atoms. The quantitative estimate of drug-likeness (QED) is 0.159.